The number of oxazole rings is 1. The van der Waals surface area contributed by atoms with Crippen molar-refractivity contribution in [2.45, 2.75) is 12.1 Å². The molecule has 0 atom stereocenters. The van der Waals surface area contributed by atoms with Crippen LogP contribution in [0.25, 0.3) is 21.9 Å². The standard InChI is InChI=1S/C29H22BrN3O5S/c1-2-36-25-15-18(16-31-33-26(34)17-39-29-32-23-12-5-6-13-24(23)37-29)14-22(30)27(25)38-28(35)21-11-7-9-19-8-3-4-10-20(19)21/h3-16H,2,17H2,1H3,(H,33,34)/b31-16-. The molecule has 0 spiro atoms. The van der Waals surface area contributed by atoms with Crippen LogP contribution >= 0.6 is 27.7 Å². The van der Waals surface area contributed by atoms with Crippen molar-refractivity contribution in [2.24, 2.45) is 5.10 Å². The van der Waals surface area contributed by atoms with Crippen LogP contribution < -0.4 is 14.9 Å². The number of hydrogen-bond acceptors (Lipinski definition) is 8. The van der Waals surface area contributed by atoms with Crippen molar-refractivity contribution < 1.29 is 23.5 Å². The number of amides is 1. The summed E-state index contributed by atoms with van der Waals surface area (Å²) < 4.78 is 17.6. The minimum atomic E-state index is -0.501. The third kappa shape index (κ3) is 6.30. The van der Waals surface area contributed by atoms with E-state index in [-0.39, 0.29) is 17.4 Å². The number of para-hydroxylation sites is 2. The Morgan fingerprint density at radius 3 is 2.72 bits per heavy atom. The normalized spacial score (nSPS) is 11.2. The summed E-state index contributed by atoms with van der Waals surface area (Å²) in [4.78, 5) is 29.7. The Balaban J connectivity index is 1.25. The molecule has 1 aromatic heterocycles. The molecule has 10 heteroatoms. The fourth-order valence-electron chi connectivity index (χ4n) is 3.83. The molecule has 1 heterocycles. The Kier molecular flexibility index (Phi) is 8.24. The van der Waals surface area contributed by atoms with E-state index in [4.69, 9.17) is 13.9 Å². The van der Waals surface area contributed by atoms with Gasteiger partial charge >= 0.3 is 5.97 Å². The lowest BCUT2D eigenvalue weighted by Gasteiger charge is -2.14. The molecule has 196 valence electrons. The number of hydrazone groups is 1. The van der Waals surface area contributed by atoms with Gasteiger partial charge in [0.2, 0.25) is 0 Å². The highest BCUT2D eigenvalue weighted by Gasteiger charge is 2.19. The lowest BCUT2D eigenvalue weighted by Crippen LogP contribution is -2.19. The van der Waals surface area contributed by atoms with Gasteiger partial charge in [-0.25, -0.2) is 15.2 Å². The number of rotatable bonds is 9. The Labute approximate surface area is 236 Å². The summed E-state index contributed by atoms with van der Waals surface area (Å²) in [6.45, 7) is 2.19. The maximum atomic E-state index is 13.1. The minimum Gasteiger partial charge on any atom is -0.490 e. The van der Waals surface area contributed by atoms with E-state index in [0.29, 0.717) is 38.8 Å². The van der Waals surface area contributed by atoms with Crippen LogP contribution in [0, 0.1) is 0 Å². The number of fused-ring (bicyclic) bond motifs is 2. The zero-order chi connectivity index (χ0) is 27.2. The molecule has 5 rings (SSSR count). The van der Waals surface area contributed by atoms with Crippen molar-refractivity contribution in [1.29, 1.82) is 0 Å². The summed E-state index contributed by atoms with van der Waals surface area (Å²) in [5, 5.41) is 6.19. The molecule has 39 heavy (non-hydrogen) atoms. The monoisotopic (exact) mass is 603 g/mol. The molecular formula is C29H22BrN3O5S. The van der Waals surface area contributed by atoms with Gasteiger partial charge in [0.15, 0.2) is 17.1 Å². The Morgan fingerprint density at radius 2 is 1.87 bits per heavy atom. The largest absolute Gasteiger partial charge is 0.490 e. The molecule has 0 bridgehead atoms. The molecule has 0 saturated heterocycles. The number of thioether (sulfide) groups is 1. The molecule has 1 N–H and O–H groups in total. The number of benzene rings is 4. The lowest BCUT2D eigenvalue weighted by atomic mass is 10.0. The number of nitrogens with one attached hydrogen (secondary N) is 1. The van der Waals surface area contributed by atoms with Crippen molar-refractivity contribution >= 4 is 67.7 Å². The second-order valence-corrected chi connectivity index (χ2v) is 9.99. The van der Waals surface area contributed by atoms with Gasteiger partial charge in [-0.1, -0.05) is 60.3 Å². The first kappa shape index (κ1) is 26.5. The zero-order valence-corrected chi connectivity index (χ0v) is 23.1. The Morgan fingerprint density at radius 1 is 1.08 bits per heavy atom. The number of nitrogens with zero attached hydrogens (tertiary/aromatic N) is 2. The molecule has 0 aliphatic rings. The zero-order valence-electron chi connectivity index (χ0n) is 20.7. The van der Waals surface area contributed by atoms with Crippen LogP contribution in [0.3, 0.4) is 0 Å². The second kappa shape index (κ2) is 12.1. The molecule has 4 aromatic carbocycles. The van der Waals surface area contributed by atoms with Gasteiger partial charge in [-0.15, -0.1) is 0 Å². The minimum absolute atomic E-state index is 0.0844. The van der Waals surface area contributed by atoms with Crippen LogP contribution in [0.2, 0.25) is 0 Å². The highest BCUT2D eigenvalue weighted by molar-refractivity contribution is 9.10. The van der Waals surface area contributed by atoms with E-state index in [1.165, 1.54) is 18.0 Å². The van der Waals surface area contributed by atoms with Crippen LogP contribution in [-0.4, -0.2) is 35.4 Å². The van der Waals surface area contributed by atoms with Crippen LogP contribution in [0.1, 0.15) is 22.8 Å². The van der Waals surface area contributed by atoms with Crippen molar-refractivity contribution in [1.82, 2.24) is 10.4 Å². The number of carbonyl (C=O) groups is 2. The van der Waals surface area contributed by atoms with Gasteiger partial charge in [0.1, 0.15) is 5.52 Å². The van der Waals surface area contributed by atoms with Crippen LogP contribution in [0.4, 0.5) is 0 Å². The molecule has 0 unspecified atom stereocenters. The van der Waals surface area contributed by atoms with Gasteiger partial charge in [-0.05, 0) is 69.5 Å². The summed E-state index contributed by atoms with van der Waals surface area (Å²) in [6.07, 6.45) is 1.48. The van der Waals surface area contributed by atoms with E-state index in [2.05, 4.69) is 31.4 Å². The van der Waals surface area contributed by atoms with Gasteiger partial charge in [-0.3, -0.25) is 4.79 Å². The second-order valence-electron chi connectivity index (χ2n) is 8.21. The maximum absolute atomic E-state index is 13.1. The molecule has 0 fully saturated rings. The predicted molar refractivity (Wildman–Crippen MR) is 155 cm³/mol. The molecule has 8 nitrogen and oxygen atoms in total. The summed E-state index contributed by atoms with van der Waals surface area (Å²) in [5.74, 6) is -0.117. The third-order valence-electron chi connectivity index (χ3n) is 5.54. The molecule has 1 amide bonds. The highest BCUT2D eigenvalue weighted by atomic mass is 79.9. The van der Waals surface area contributed by atoms with E-state index < -0.39 is 5.97 Å². The third-order valence-corrected chi connectivity index (χ3v) is 6.96. The highest BCUT2D eigenvalue weighted by Crippen LogP contribution is 2.37. The molecule has 0 saturated carbocycles. The quantitative estimate of drug-likeness (QED) is 0.0665. The van der Waals surface area contributed by atoms with Gasteiger partial charge < -0.3 is 13.9 Å². The topological polar surface area (TPSA) is 103 Å². The molecule has 0 aliphatic heterocycles. The van der Waals surface area contributed by atoms with Crippen molar-refractivity contribution in [2.75, 3.05) is 12.4 Å². The van der Waals surface area contributed by atoms with Crippen molar-refractivity contribution in [3.05, 3.63) is 94.5 Å². The van der Waals surface area contributed by atoms with E-state index in [1.807, 2.05) is 67.6 Å². The van der Waals surface area contributed by atoms with E-state index in [1.54, 1.807) is 18.2 Å². The SMILES string of the molecule is CCOc1cc(/C=N\NC(=O)CSc2nc3ccccc3o2)cc(Br)c1OC(=O)c1cccc2ccccc12. The van der Waals surface area contributed by atoms with Crippen LogP contribution in [0.15, 0.2) is 98.1 Å². The van der Waals surface area contributed by atoms with Crippen molar-refractivity contribution in [3.8, 4) is 11.5 Å². The Bertz CT molecular complexity index is 1660. The van der Waals surface area contributed by atoms with Gasteiger partial charge in [0, 0.05) is 0 Å². The molecular weight excluding hydrogens is 582 g/mol. The van der Waals surface area contributed by atoms with Crippen LogP contribution in [0.5, 0.6) is 11.5 Å². The van der Waals surface area contributed by atoms with E-state index in [0.717, 1.165) is 16.3 Å². The van der Waals surface area contributed by atoms with Crippen LogP contribution in [-0.2, 0) is 4.79 Å². The summed E-state index contributed by atoms with van der Waals surface area (Å²) >= 11 is 4.66. The smallest absolute Gasteiger partial charge is 0.344 e. The average Bonchev–Trinajstić information content (AvgIpc) is 3.37. The number of aromatic nitrogens is 1. The van der Waals surface area contributed by atoms with Crippen molar-refractivity contribution in [3.63, 3.8) is 0 Å². The van der Waals surface area contributed by atoms with Gasteiger partial charge in [-0.2, -0.15) is 5.10 Å². The first-order chi connectivity index (χ1) is 19.0. The lowest BCUT2D eigenvalue weighted by molar-refractivity contribution is -0.118. The maximum Gasteiger partial charge on any atom is 0.344 e. The summed E-state index contributed by atoms with van der Waals surface area (Å²) in [7, 11) is 0. The van der Waals surface area contributed by atoms with E-state index in [9.17, 15) is 9.59 Å². The predicted octanol–water partition coefficient (Wildman–Crippen LogP) is 6.60. The molecule has 0 aliphatic carbocycles. The fraction of sp³-hybridized carbons (Fsp3) is 0.103. The number of halogens is 1. The summed E-state index contributed by atoms with van der Waals surface area (Å²) in [5.41, 5.74) is 4.97. The summed E-state index contributed by atoms with van der Waals surface area (Å²) in [6, 6.07) is 23.9. The van der Waals surface area contributed by atoms with E-state index >= 15 is 0 Å². The molecule has 0 radical (unpaired) electrons. The Hall–Kier alpha value is -4.15. The number of ether oxygens (including phenoxy) is 2. The fourth-order valence-corrected chi connectivity index (χ4v) is 5.00. The first-order valence-corrected chi connectivity index (χ1v) is 13.8. The van der Waals surface area contributed by atoms with Gasteiger partial charge in [0.25, 0.3) is 11.1 Å². The number of esters is 1. The van der Waals surface area contributed by atoms with Gasteiger partial charge in [0.05, 0.1) is 28.6 Å². The number of hydrogen-bond donors (Lipinski definition) is 1. The number of carbonyl (C=O) groups excluding carboxylic acids is 2. The average molecular weight is 604 g/mol. The molecule has 5 aromatic rings. The first-order valence-electron chi connectivity index (χ1n) is 12.0.